The number of halogens is 3. The monoisotopic (exact) mass is 237 g/mol. The summed E-state index contributed by atoms with van der Waals surface area (Å²) in [5.41, 5.74) is 10.7. The Morgan fingerprint density at radius 3 is 2.50 bits per heavy atom. The molecule has 1 rings (SSSR count). The highest BCUT2D eigenvalue weighted by Crippen LogP contribution is 2.37. The smallest absolute Gasteiger partial charge is 0.478 e. The van der Waals surface area contributed by atoms with Gasteiger partial charge in [0.1, 0.15) is 0 Å². The number of rotatable bonds is 3. The summed E-state index contributed by atoms with van der Waals surface area (Å²) in [5, 5.41) is 0. The molecule has 0 saturated carbocycles. The Balaban J connectivity index is 3.21. The molecule has 0 aliphatic carbocycles. The summed E-state index contributed by atoms with van der Waals surface area (Å²) in [5.74, 6) is -1.01. The molecule has 0 atom stereocenters. The lowest BCUT2D eigenvalue weighted by Crippen LogP contribution is -2.19. The first-order valence-corrected chi connectivity index (χ1v) is 4.16. The lowest BCUT2D eigenvalue weighted by atomic mass is 10.2. The number of ether oxygens (including phenoxy) is 2. The van der Waals surface area contributed by atoms with E-state index in [1.165, 1.54) is 6.20 Å². The van der Waals surface area contributed by atoms with Crippen LogP contribution in [0.1, 0.15) is 5.56 Å². The molecule has 0 amide bonds. The van der Waals surface area contributed by atoms with Crippen molar-refractivity contribution in [2.75, 3.05) is 12.8 Å². The van der Waals surface area contributed by atoms with Gasteiger partial charge in [-0.1, -0.05) is 0 Å². The number of aromatic nitrogens is 1. The van der Waals surface area contributed by atoms with Crippen molar-refractivity contribution in [3.05, 3.63) is 11.8 Å². The number of nitrogen functional groups attached to an aromatic ring is 1. The fraction of sp³-hybridized carbons (Fsp3) is 0.375. The Morgan fingerprint density at radius 1 is 1.44 bits per heavy atom. The van der Waals surface area contributed by atoms with Gasteiger partial charge in [0.15, 0.2) is 0 Å². The minimum atomic E-state index is -4.86. The van der Waals surface area contributed by atoms with Crippen LogP contribution in [0, 0.1) is 0 Å². The second-order valence-electron chi connectivity index (χ2n) is 2.79. The highest BCUT2D eigenvalue weighted by molar-refractivity contribution is 5.62. The van der Waals surface area contributed by atoms with Gasteiger partial charge in [-0.25, -0.2) is 4.98 Å². The van der Waals surface area contributed by atoms with E-state index in [0.29, 0.717) is 0 Å². The van der Waals surface area contributed by atoms with Crippen molar-refractivity contribution < 1.29 is 22.6 Å². The van der Waals surface area contributed by atoms with Crippen LogP contribution in [0.4, 0.5) is 18.9 Å². The summed E-state index contributed by atoms with van der Waals surface area (Å²) in [6.45, 7) is -0.0446. The number of alkyl halides is 3. The number of nitrogens with zero attached hydrogens (tertiary/aromatic N) is 1. The van der Waals surface area contributed by atoms with E-state index in [9.17, 15) is 13.2 Å². The molecule has 16 heavy (non-hydrogen) atoms. The largest absolute Gasteiger partial charge is 0.573 e. The molecule has 0 saturated heterocycles. The zero-order valence-electron chi connectivity index (χ0n) is 8.34. The lowest BCUT2D eigenvalue weighted by molar-refractivity contribution is -0.274. The summed E-state index contributed by atoms with van der Waals surface area (Å²) in [6, 6.07) is 0. The lowest BCUT2D eigenvalue weighted by Gasteiger charge is -2.15. The van der Waals surface area contributed by atoms with Crippen LogP contribution >= 0.6 is 0 Å². The summed E-state index contributed by atoms with van der Waals surface area (Å²) >= 11 is 0. The maximum Gasteiger partial charge on any atom is 0.573 e. The van der Waals surface area contributed by atoms with E-state index in [1.54, 1.807) is 0 Å². The molecule has 1 aromatic heterocycles. The first-order valence-electron chi connectivity index (χ1n) is 4.16. The van der Waals surface area contributed by atoms with Gasteiger partial charge >= 0.3 is 6.36 Å². The predicted octanol–water partition coefficient (Wildman–Crippen LogP) is 1.03. The van der Waals surface area contributed by atoms with Crippen LogP contribution in [-0.4, -0.2) is 18.5 Å². The number of pyridine rings is 1. The SMILES string of the molecule is COc1ncc(CN)c(N)c1OC(F)(F)F. The molecule has 1 heterocycles. The molecular weight excluding hydrogens is 227 g/mol. The van der Waals surface area contributed by atoms with E-state index in [0.717, 1.165) is 7.11 Å². The van der Waals surface area contributed by atoms with Crippen LogP contribution in [0.2, 0.25) is 0 Å². The molecule has 4 N–H and O–H groups in total. The number of nitrogens with two attached hydrogens (primary N) is 2. The Bertz CT molecular complexity index is 382. The zero-order valence-corrected chi connectivity index (χ0v) is 8.34. The first kappa shape index (κ1) is 12.4. The van der Waals surface area contributed by atoms with Crippen molar-refractivity contribution in [1.82, 2.24) is 4.98 Å². The minimum Gasteiger partial charge on any atom is -0.478 e. The van der Waals surface area contributed by atoms with E-state index >= 15 is 0 Å². The van der Waals surface area contributed by atoms with Gasteiger partial charge in [0.2, 0.25) is 5.75 Å². The molecule has 1 aromatic rings. The summed E-state index contributed by atoms with van der Waals surface area (Å²) in [4.78, 5) is 3.61. The van der Waals surface area contributed by atoms with Crippen molar-refractivity contribution in [2.45, 2.75) is 12.9 Å². The van der Waals surface area contributed by atoms with Crippen LogP contribution < -0.4 is 20.9 Å². The normalized spacial score (nSPS) is 11.3. The van der Waals surface area contributed by atoms with Crippen LogP contribution in [0.3, 0.4) is 0 Å². The molecule has 90 valence electrons. The molecule has 0 radical (unpaired) electrons. The molecule has 0 aromatic carbocycles. The molecule has 0 fully saturated rings. The highest BCUT2D eigenvalue weighted by Gasteiger charge is 2.34. The summed E-state index contributed by atoms with van der Waals surface area (Å²) in [6.07, 6.45) is -3.63. The van der Waals surface area contributed by atoms with Crippen molar-refractivity contribution >= 4 is 5.69 Å². The Kier molecular flexibility index (Phi) is 3.43. The Labute approximate surface area is 89.1 Å². The fourth-order valence-electron chi connectivity index (χ4n) is 1.05. The Hall–Kier alpha value is -1.70. The number of hydrogen-bond acceptors (Lipinski definition) is 5. The van der Waals surface area contributed by atoms with Crippen LogP contribution in [-0.2, 0) is 6.54 Å². The van der Waals surface area contributed by atoms with Crippen molar-refractivity contribution in [2.24, 2.45) is 5.73 Å². The van der Waals surface area contributed by atoms with Gasteiger partial charge in [0.25, 0.3) is 5.88 Å². The van der Waals surface area contributed by atoms with Crippen molar-refractivity contribution in [3.63, 3.8) is 0 Å². The van der Waals surface area contributed by atoms with Gasteiger partial charge in [-0.15, -0.1) is 13.2 Å². The zero-order chi connectivity index (χ0) is 12.3. The third-order valence-electron chi connectivity index (χ3n) is 1.75. The molecule has 0 unspecified atom stereocenters. The number of hydrogen-bond donors (Lipinski definition) is 2. The van der Waals surface area contributed by atoms with Crippen molar-refractivity contribution in [3.8, 4) is 11.6 Å². The van der Waals surface area contributed by atoms with Gasteiger partial charge in [0, 0.05) is 18.3 Å². The molecule has 0 aliphatic rings. The molecule has 0 bridgehead atoms. The first-order chi connectivity index (χ1) is 7.39. The van der Waals surface area contributed by atoms with Crippen LogP contribution in [0.25, 0.3) is 0 Å². The summed E-state index contributed by atoms with van der Waals surface area (Å²) in [7, 11) is 1.16. The van der Waals surface area contributed by atoms with Gasteiger partial charge < -0.3 is 20.9 Å². The summed E-state index contributed by atoms with van der Waals surface area (Å²) < 4.78 is 44.6. The third kappa shape index (κ3) is 2.66. The third-order valence-corrected chi connectivity index (χ3v) is 1.75. The average molecular weight is 237 g/mol. The second kappa shape index (κ2) is 4.44. The van der Waals surface area contributed by atoms with Crippen LogP contribution in [0.5, 0.6) is 11.6 Å². The fourth-order valence-corrected chi connectivity index (χ4v) is 1.05. The standard InChI is InChI=1S/C8H10F3N3O2/c1-15-7-6(16-8(9,10)11)5(13)4(2-12)3-14-7/h3H,2,12H2,1H3,(H2,13,14). The topological polar surface area (TPSA) is 83.4 Å². The molecule has 0 spiro atoms. The maximum absolute atomic E-state index is 12.1. The van der Waals surface area contributed by atoms with Gasteiger partial charge in [-0.2, -0.15) is 0 Å². The Morgan fingerprint density at radius 2 is 2.06 bits per heavy atom. The number of methoxy groups -OCH3 is 1. The van der Waals surface area contributed by atoms with E-state index in [1.807, 2.05) is 0 Å². The number of anilines is 1. The maximum atomic E-state index is 12.1. The average Bonchev–Trinajstić information content (AvgIpc) is 2.19. The van der Waals surface area contributed by atoms with Gasteiger partial charge in [0.05, 0.1) is 12.8 Å². The molecule has 8 heteroatoms. The highest BCUT2D eigenvalue weighted by atomic mass is 19.4. The van der Waals surface area contributed by atoms with E-state index in [4.69, 9.17) is 11.5 Å². The second-order valence-corrected chi connectivity index (χ2v) is 2.79. The molecule has 5 nitrogen and oxygen atoms in total. The van der Waals surface area contributed by atoms with Gasteiger partial charge in [-0.05, 0) is 0 Å². The predicted molar refractivity (Wildman–Crippen MR) is 49.8 cm³/mol. The molecule has 0 aliphatic heterocycles. The van der Waals surface area contributed by atoms with E-state index in [2.05, 4.69) is 14.5 Å². The van der Waals surface area contributed by atoms with Gasteiger partial charge in [-0.3, -0.25) is 0 Å². The minimum absolute atomic E-state index is 0.0446. The van der Waals surface area contributed by atoms with Crippen LogP contribution in [0.15, 0.2) is 6.20 Å². The molecular formula is C8H10F3N3O2. The van der Waals surface area contributed by atoms with E-state index in [-0.39, 0.29) is 23.7 Å². The quantitative estimate of drug-likeness (QED) is 0.820. The van der Waals surface area contributed by atoms with E-state index < -0.39 is 12.1 Å². The van der Waals surface area contributed by atoms with Crippen molar-refractivity contribution in [1.29, 1.82) is 0 Å².